The minimum Gasteiger partial charge on any atom is -0.324 e. The summed E-state index contributed by atoms with van der Waals surface area (Å²) in [7, 11) is -3.63. The zero-order valence-corrected chi connectivity index (χ0v) is 17.5. The molecule has 1 amide bonds. The second-order valence-corrected chi connectivity index (χ2v) is 8.98. The van der Waals surface area contributed by atoms with Gasteiger partial charge in [0.05, 0.1) is 11.9 Å². The summed E-state index contributed by atoms with van der Waals surface area (Å²) < 4.78 is 25.9. The van der Waals surface area contributed by atoms with Crippen LogP contribution in [0.15, 0.2) is 72.8 Å². The lowest BCUT2D eigenvalue weighted by Crippen LogP contribution is -2.37. The quantitative estimate of drug-likeness (QED) is 0.658. The van der Waals surface area contributed by atoms with Gasteiger partial charge in [0.25, 0.3) is 0 Å². The molecule has 0 saturated carbocycles. The van der Waals surface area contributed by atoms with E-state index in [0.29, 0.717) is 11.4 Å². The first-order chi connectivity index (χ1) is 13.7. The average Bonchev–Trinajstić information content (AvgIpc) is 2.65. The van der Waals surface area contributed by atoms with Gasteiger partial charge in [0.1, 0.15) is 6.54 Å². The number of hydrogen-bond acceptors (Lipinski definition) is 3. The highest BCUT2D eigenvalue weighted by atomic mass is 32.2. The van der Waals surface area contributed by atoms with E-state index in [1.807, 2.05) is 74.5 Å². The first-order valence-corrected chi connectivity index (χ1v) is 11.1. The summed E-state index contributed by atoms with van der Waals surface area (Å²) >= 11 is 0. The Hall–Kier alpha value is -3.12. The molecule has 150 valence electrons. The van der Waals surface area contributed by atoms with E-state index >= 15 is 0 Å². The molecule has 5 nitrogen and oxygen atoms in total. The van der Waals surface area contributed by atoms with Crippen molar-refractivity contribution in [3.05, 3.63) is 83.9 Å². The molecule has 0 saturated heterocycles. The van der Waals surface area contributed by atoms with Crippen molar-refractivity contribution in [3.63, 3.8) is 0 Å². The molecule has 0 unspecified atom stereocenters. The van der Waals surface area contributed by atoms with Crippen molar-refractivity contribution in [3.8, 4) is 11.1 Å². The Morgan fingerprint density at radius 1 is 0.897 bits per heavy atom. The molecule has 29 heavy (non-hydrogen) atoms. The molecule has 0 bridgehead atoms. The van der Waals surface area contributed by atoms with Gasteiger partial charge in [-0.1, -0.05) is 54.6 Å². The van der Waals surface area contributed by atoms with Crippen molar-refractivity contribution in [2.45, 2.75) is 13.8 Å². The summed E-state index contributed by atoms with van der Waals surface area (Å²) in [6.07, 6.45) is 1.11. The number of sulfonamides is 1. The topological polar surface area (TPSA) is 66.5 Å². The largest absolute Gasteiger partial charge is 0.324 e. The molecule has 0 heterocycles. The smallest absolute Gasteiger partial charge is 0.245 e. The highest BCUT2D eigenvalue weighted by Crippen LogP contribution is 2.28. The Morgan fingerprint density at radius 3 is 2.10 bits per heavy atom. The zero-order valence-electron chi connectivity index (χ0n) is 16.7. The van der Waals surface area contributed by atoms with Gasteiger partial charge >= 0.3 is 0 Å². The molecule has 3 aromatic carbocycles. The number of carbonyl (C=O) groups is 1. The molecule has 0 fully saturated rings. The van der Waals surface area contributed by atoms with Crippen molar-refractivity contribution in [1.29, 1.82) is 0 Å². The van der Waals surface area contributed by atoms with Gasteiger partial charge < -0.3 is 5.32 Å². The SMILES string of the molecule is Cc1cc(C)cc(N(CC(=O)Nc2ccccc2-c2ccccc2)S(C)(=O)=O)c1. The maximum absolute atomic E-state index is 12.8. The molecule has 0 spiro atoms. The van der Waals surface area contributed by atoms with E-state index in [1.165, 1.54) is 0 Å². The van der Waals surface area contributed by atoms with E-state index in [-0.39, 0.29) is 6.54 Å². The number of para-hydroxylation sites is 1. The van der Waals surface area contributed by atoms with Crippen LogP contribution in [-0.4, -0.2) is 27.1 Å². The van der Waals surface area contributed by atoms with Crippen LogP contribution in [0.3, 0.4) is 0 Å². The van der Waals surface area contributed by atoms with Crippen LogP contribution in [0, 0.1) is 13.8 Å². The maximum atomic E-state index is 12.8. The standard InChI is InChI=1S/C23H24N2O3S/c1-17-13-18(2)15-20(14-17)25(29(3,27)28)16-23(26)24-22-12-8-7-11-21(22)19-9-5-4-6-10-19/h4-15H,16H2,1-3H3,(H,24,26). The third kappa shape index (κ3) is 5.23. The van der Waals surface area contributed by atoms with Crippen molar-refractivity contribution < 1.29 is 13.2 Å². The first kappa shape index (κ1) is 20.6. The van der Waals surface area contributed by atoms with Crippen LogP contribution in [0.4, 0.5) is 11.4 Å². The third-order valence-electron chi connectivity index (χ3n) is 4.47. The Morgan fingerprint density at radius 2 is 1.48 bits per heavy atom. The van der Waals surface area contributed by atoms with Crippen LogP contribution in [0.5, 0.6) is 0 Å². The molecular weight excluding hydrogens is 384 g/mol. The first-order valence-electron chi connectivity index (χ1n) is 9.24. The Balaban J connectivity index is 1.87. The van der Waals surface area contributed by atoms with Gasteiger partial charge in [-0.05, 0) is 48.7 Å². The van der Waals surface area contributed by atoms with E-state index in [0.717, 1.165) is 32.8 Å². The summed E-state index contributed by atoms with van der Waals surface area (Å²) in [5.41, 5.74) is 4.83. The summed E-state index contributed by atoms with van der Waals surface area (Å²) in [4.78, 5) is 12.8. The van der Waals surface area contributed by atoms with Gasteiger partial charge in [-0.3, -0.25) is 9.10 Å². The number of rotatable bonds is 6. The van der Waals surface area contributed by atoms with Crippen LogP contribution < -0.4 is 9.62 Å². The van der Waals surface area contributed by atoms with E-state index < -0.39 is 15.9 Å². The van der Waals surface area contributed by atoms with Gasteiger partial charge in [0.2, 0.25) is 15.9 Å². The second kappa shape index (κ2) is 8.49. The van der Waals surface area contributed by atoms with Crippen molar-refractivity contribution >= 4 is 27.3 Å². The lowest BCUT2D eigenvalue weighted by molar-refractivity contribution is -0.114. The normalized spacial score (nSPS) is 11.1. The molecule has 0 radical (unpaired) electrons. The number of aryl methyl sites for hydroxylation is 2. The molecule has 1 N–H and O–H groups in total. The summed E-state index contributed by atoms with van der Waals surface area (Å²) in [5, 5.41) is 2.87. The number of carbonyl (C=O) groups excluding carboxylic acids is 1. The number of amides is 1. The van der Waals surface area contributed by atoms with Gasteiger partial charge in [-0.15, -0.1) is 0 Å². The zero-order chi connectivity index (χ0) is 21.0. The minimum absolute atomic E-state index is 0.301. The van der Waals surface area contributed by atoms with E-state index in [1.54, 1.807) is 12.1 Å². The van der Waals surface area contributed by atoms with Crippen molar-refractivity contribution in [1.82, 2.24) is 0 Å². The fourth-order valence-electron chi connectivity index (χ4n) is 3.28. The lowest BCUT2D eigenvalue weighted by atomic mass is 10.0. The van der Waals surface area contributed by atoms with Crippen LogP contribution in [0.25, 0.3) is 11.1 Å². The van der Waals surface area contributed by atoms with E-state index in [2.05, 4.69) is 5.32 Å². The number of anilines is 2. The van der Waals surface area contributed by atoms with Gasteiger partial charge in [0.15, 0.2) is 0 Å². The minimum atomic E-state index is -3.63. The van der Waals surface area contributed by atoms with Crippen molar-refractivity contribution in [2.75, 3.05) is 22.4 Å². The molecule has 0 aliphatic carbocycles. The van der Waals surface area contributed by atoms with E-state index in [9.17, 15) is 13.2 Å². The number of benzene rings is 3. The van der Waals surface area contributed by atoms with Crippen LogP contribution in [-0.2, 0) is 14.8 Å². The van der Waals surface area contributed by atoms with E-state index in [4.69, 9.17) is 0 Å². The average molecular weight is 409 g/mol. The van der Waals surface area contributed by atoms with Gasteiger partial charge in [-0.25, -0.2) is 8.42 Å². The molecule has 3 aromatic rings. The molecule has 0 atom stereocenters. The molecule has 0 aliphatic heterocycles. The fourth-order valence-corrected chi connectivity index (χ4v) is 4.12. The number of nitrogens with zero attached hydrogens (tertiary/aromatic N) is 1. The number of hydrogen-bond donors (Lipinski definition) is 1. The predicted octanol–water partition coefficient (Wildman–Crippen LogP) is 4.38. The predicted molar refractivity (Wildman–Crippen MR) is 119 cm³/mol. The Kier molecular flexibility index (Phi) is 6.03. The van der Waals surface area contributed by atoms with Crippen molar-refractivity contribution in [2.24, 2.45) is 0 Å². The van der Waals surface area contributed by atoms with Crippen LogP contribution in [0.1, 0.15) is 11.1 Å². The molecular formula is C23H24N2O3S. The Labute approximate surface area is 172 Å². The summed E-state index contributed by atoms with van der Waals surface area (Å²) in [6.45, 7) is 3.49. The monoisotopic (exact) mass is 408 g/mol. The van der Waals surface area contributed by atoms with Crippen LogP contribution in [0.2, 0.25) is 0 Å². The maximum Gasteiger partial charge on any atom is 0.245 e. The molecule has 6 heteroatoms. The fraction of sp³-hybridized carbons (Fsp3) is 0.174. The highest BCUT2D eigenvalue weighted by molar-refractivity contribution is 7.92. The van der Waals surface area contributed by atoms with Gasteiger partial charge in [0, 0.05) is 11.3 Å². The second-order valence-electron chi connectivity index (χ2n) is 7.08. The lowest BCUT2D eigenvalue weighted by Gasteiger charge is -2.23. The molecule has 0 aliphatic rings. The number of nitrogens with one attached hydrogen (secondary N) is 1. The highest BCUT2D eigenvalue weighted by Gasteiger charge is 2.22. The summed E-state index contributed by atoms with van der Waals surface area (Å²) in [6, 6.07) is 22.7. The van der Waals surface area contributed by atoms with Crippen LogP contribution >= 0.6 is 0 Å². The molecule has 3 rings (SSSR count). The molecule has 0 aromatic heterocycles. The Bertz CT molecular complexity index is 1110. The van der Waals surface area contributed by atoms with Gasteiger partial charge in [-0.2, -0.15) is 0 Å². The summed E-state index contributed by atoms with van der Waals surface area (Å²) in [5.74, 6) is -0.405. The third-order valence-corrected chi connectivity index (χ3v) is 5.61.